The van der Waals surface area contributed by atoms with Crippen LogP contribution in [0.5, 0.6) is 0 Å². The molecule has 126 valence electrons. The first-order chi connectivity index (χ1) is 11.6. The van der Waals surface area contributed by atoms with E-state index in [1.165, 1.54) is 21.3 Å². The van der Waals surface area contributed by atoms with Crippen molar-refractivity contribution in [1.82, 2.24) is 9.21 Å². The van der Waals surface area contributed by atoms with E-state index >= 15 is 0 Å². The zero-order valence-electron chi connectivity index (χ0n) is 13.3. The van der Waals surface area contributed by atoms with Crippen molar-refractivity contribution in [2.75, 3.05) is 32.7 Å². The van der Waals surface area contributed by atoms with Crippen molar-refractivity contribution >= 4 is 21.4 Å². The molecule has 0 amide bonds. The van der Waals surface area contributed by atoms with Crippen LogP contribution >= 0.6 is 11.3 Å². The SMILES string of the molecule is N#Cc1ccc(S(=O)(=O)N2CCN(CCc3cccs3)CC2)cc1. The van der Waals surface area contributed by atoms with E-state index in [9.17, 15) is 8.42 Å². The molecule has 1 fully saturated rings. The number of piperazine rings is 1. The van der Waals surface area contributed by atoms with Gasteiger partial charge in [-0.1, -0.05) is 6.07 Å². The highest BCUT2D eigenvalue weighted by molar-refractivity contribution is 7.89. The van der Waals surface area contributed by atoms with Crippen LogP contribution in [0.4, 0.5) is 0 Å². The lowest BCUT2D eigenvalue weighted by Gasteiger charge is -2.33. The van der Waals surface area contributed by atoms with E-state index in [4.69, 9.17) is 5.26 Å². The summed E-state index contributed by atoms with van der Waals surface area (Å²) in [6.07, 6.45) is 1.01. The van der Waals surface area contributed by atoms with E-state index in [2.05, 4.69) is 22.4 Å². The Morgan fingerprint density at radius 2 is 1.79 bits per heavy atom. The summed E-state index contributed by atoms with van der Waals surface area (Å²) in [6.45, 7) is 3.48. The molecule has 0 spiro atoms. The Labute approximate surface area is 146 Å². The van der Waals surface area contributed by atoms with Gasteiger partial charge in [0.05, 0.1) is 16.5 Å². The predicted molar refractivity (Wildman–Crippen MR) is 94.4 cm³/mol. The third-order valence-electron chi connectivity index (χ3n) is 4.21. The molecule has 0 N–H and O–H groups in total. The van der Waals surface area contributed by atoms with Gasteiger partial charge in [-0.2, -0.15) is 9.57 Å². The van der Waals surface area contributed by atoms with Crippen LogP contribution < -0.4 is 0 Å². The van der Waals surface area contributed by atoms with Gasteiger partial charge in [0.25, 0.3) is 0 Å². The van der Waals surface area contributed by atoms with Gasteiger partial charge in [0, 0.05) is 37.6 Å². The van der Waals surface area contributed by atoms with Gasteiger partial charge in [-0.3, -0.25) is 0 Å². The molecule has 1 aromatic carbocycles. The lowest BCUT2D eigenvalue weighted by molar-refractivity contribution is 0.190. The first-order valence-corrected chi connectivity index (χ1v) is 10.2. The molecule has 1 aliphatic heterocycles. The Morgan fingerprint density at radius 1 is 1.08 bits per heavy atom. The summed E-state index contributed by atoms with van der Waals surface area (Å²) in [4.78, 5) is 3.93. The number of thiophene rings is 1. The van der Waals surface area contributed by atoms with Crippen molar-refractivity contribution in [3.05, 3.63) is 52.2 Å². The van der Waals surface area contributed by atoms with E-state index in [0.717, 1.165) is 26.1 Å². The van der Waals surface area contributed by atoms with Crippen LogP contribution in [0.25, 0.3) is 0 Å². The zero-order valence-corrected chi connectivity index (χ0v) is 14.9. The maximum atomic E-state index is 12.7. The topological polar surface area (TPSA) is 64.4 Å². The van der Waals surface area contributed by atoms with Crippen LogP contribution in [0, 0.1) is 11.3 Å². The first-order valence-electron chi connectivity index (χ1n) is 7.84. The summed E-state index contributed by atoms with van der Waals surface area (Å²) in [5, 5.41) is 10.9. The Bertz CT molecular complexity index is 801. The van der Waals surface area contributed by atoms with Gasteiger partial charge < -0.3 is 4.90 Å². The highest BCUT2D eigenvalue weighted by Gasteiger charge is 2.28. The van der Waals surface area contributed by atoms with Gasteiger partial charge >= 0.3 is 0 Å². The normalized spacial score (nSPS) is 16.8. The van der Waals surface area contributed by atoms with Crippen molar-refractivity contribution < 1.29 is 8.42 Å². The van der Waals surface area contributed by atoms with Gasteiger partial charge in [-0.05, 0) is 42.1 Å². The van der Waals surface area contributed by atoms with Crippen LogP contribution in [0.1, 0.15) is 10.4 Å². The summed E-state index contributed by atoms with van der Waals surface area (Å²) < 4.78 is 26.9. The lowest BCUT2D eigenvalue weighted by Crippen LogP contribution is -2.48. The Morgan fingerprint density at radius 3 is 2.38 bits per heavy atom. The average Bonchev–Trinajstić information content (AvgIpc) is 3.14. The number of hydrogen-bond donors (Lipinski definition) is 0. The number of benzene rings is 1. The fourth-order valence-corrected chi connectivity index (χ4v) is 4.89. The summed E-state index contributed by atoms with van der Waals surface area (Å²) in [5.41, 5.74) is 0.465. The Hall–Kier alpha value is -1.72. The molecule has 1 saturated heterocycles. The average molecular weight is 361 g/mol. The largest absolute Gasteiger partial charge is 0.300 e. The van der Waals surface area contributed by atoms with E-state index in [0.29, 0.717) is 18.7 Å². The number of hydrogen-bond acceptors (Lipinski definition) is 5. The molecule has 0 aliphatic carbocycles. The van der Waals surface area contributed by atoms with Crippen LogP contribution in [0.2, 0.25) is 0 Å². The zero-order chi connectivity index (χ0) is 17.0. The minimum absolute atomic E-state index is 0.258. The molecule has 5 nitrogen and oxygen atoms in total. The molecule has 0 atom stereocenters. The van der Waals surface area contributed by atoms with Crippen molar-refractivity contribution in [3.63, 3.8) is 0 Å². The minimum atomic E-state index is -3.47. The van der Waals surface area contributed by atoms with E-state index < -0.39 is 10.0 Å². The van der Waals surface area contributed by atoms with Crippen molar-refractivity contribution in [3.8, 4) is 6.07 Å². The molecular weight excluding hydrogens is 342 g/mol. The molecule has 0 bridgehead atoms. The van der Waals surface area contributed by atoms with Crippen molar-refractivity contribution in [1.29, 1.82) is 5.26 Å². The second-order valence-electron chi connectivity index (χ2n) is 5.71. The standard InChI is InChI=1S/C17H19N3O2S2/c18-14-15-3-5-17(6-4-15)24(21,22)20-11-9-19(10-12-20)8-7-16-2-1-13-23-16/h1-6,13H,7-12H2. The maximum absolute atomic E-state index is 12.7. The van der Waals surface area contributed by atoms with Gasteiger partial charge in [-0.25, -0.2) is 8.42 Å². The first kappa shape index (κ1) is 17.1. The minimum Gasteiger partial charge on any atom is -0.300 e. The molecule has 3 rings (SSSR count). The van der Waals surface area contributed by atoms with E-state index in [1.807, 2.05) is 6.07 Å². The monoisotopic (exact) mass is 361 g/mol. The highest BCUT2D eigenvalue weighted by Crippen LogP contribution is 2.18. The molecule has 7 heteroatoms. The number of sulfonamides is 1. The predicted octanol–water partition coefficient (Wildman–Crippen LogP) is 2.17. The molecule has 24 heavy (non-hydrogen) atoms. The Balaban J connectivity index is 1.57. The quantitative estimate of drug-likeness (QED) is 0.819. The molecular formula is C17H19N3O2S2. The number of rotatable bonds is 5. The fraction of sp³-hybridized carbons (Fsp3) is 0.353. The summed E-state index contributed by atoms with van der Waals surface area (Å²) in [7, 11) is -3.47. The molecule has 1 aromatic heterocycles. The van der Waals surface area contributed by atoms with Crippen molar-refractivity contribution in [2.24, 2.45) is 0 Å². The van der Waals surface area contributed by atoms with Gasteiger partial charge in [0.2, 0.25) is 10.0 Å². The van der Waals surface area contributed by atoms with Gasteiger partial charge in [0.1, 0.15) is 0 Å². The van der Waals surface area contributed by atoms with Gasteiger partial charge in [0.15, 0.2) is 0 Å². The molecule has 2 heterocycles. The number of nitrogens with zero attached hydrogens (tertiary/aromatic N) is 3. The maximum Gasteiger partial charge on any atom is 0.243 e. The van der Waals surface area contributed by atoms with Crippen molar-refractivity contribution in [2.45, 2.75) is 11.3 Å². The Kier molecular flexibility index (Phi) is 5.31. The fourth-order valence-electron chi connectivity index (χ4n) is 2.77. The molecule has 0 unspecified atom stereocenters. The van der Waals surface area contributed by atoms with Crippen LogP contribution in [0.15, 0.2) is 46.7 Å². The summed E-state index contributed by atoms with van der Waals surface area (Å²) >= 11 is 1.76. The van der Waals surface area contributed by atoms with Crippen LogP contribution in [-0.2, 0) is 16.4 Å². The molecule has 0 saturated carbocycles. The second-order valence-corrected chi connectivity index (χ2v) is 8.68. The van der Waals surface area contributed by atoms with Crippen LogP contribution in [0.3, 0.4) is 0 Å². The second kappa shape index (κ2) is 7.45. The summed E-state index contributed by atoms with van der Waals surface area (Å²) in [6, 6.07) is 12.3. The third kappa shape index (κ3) is 3.84. The van der Waals surface area contributed by atoms with E-state index in [-0.39, 0.29) is 4.90 Å². The lowest BCUT2D eigenvalue weighted by atomic mass is 10.2. The molecule has 2 aromatic rings. The van der Waals surface area contributed by atoms with Crippen LogP contribution in [-0.4, -0.2) is 50.3 Å². The highest BCUT2D eigenvalue weighted by atomic mass is 32.2. The summed E-state index contributed by atoms with van der Waals surface area (Å²) in [5.74, 6) is 0. The number of nitriles is 1. The smallest absolute Gasteiger partial charge is 0.243 e. The molecule has 1 aliphatic rings. The van der Waals surface area contributed by atoms with Gasteiger partial charge in [-0.15, -0.1) is 11.3 Å². The molecule has 0 radical (unpaired) electrons. The third-order valence-corrected chi connectivity index (χ3v) is 7.06. The van der Waals surface area contributed by atoms with E-state index in [1.54, 1.807) is 23.5 Å².